The maximum absolute atomic E-state index is 10.6. The first-order chi connectivity index (χ1) is 4.26. The predicted molar refractivity (Wildman–Crippen MR) is 46.0 cm³/mol. The highest BCUT2D eigenvalue weighted by Gasteiger charge is 2.13. The Labute approximate surface area is 72.3 Å². The third kappa shape index (κ3) is 3.98. The molecule has 62 valence electrons. The number of hydrogen-bond donors (Lipinski definition) is 2. The molecule has 0 aliphatic heterocycles. The van der Waals surface area contributed by atoms with Gasteiger partial charge in [-0.3, -0.25) is 4.79 Å². The maximum Gasteiger partial charge on any atom is 0.323 e. The Morgan fingerprint density at radius 3 is 2.40 bits per heavy atom. The Morgan fingerprint density at radius 2 is 2.30 bits per heavy atom. The van der Waals surface area contributed by atoms with Gasteiger partial charge in [-0.05, 0) is 7.05 Å². The quantitative estimate of drug-likeness (QED) is 0.484. The molecule has 1 atom stereocenters. The molecule has 0 aliphatic carbocycles. The minimum Gasteiger partial charge on any atom is -0.468 e. The van der Waals surface area contributed by atoms with Gasteiger partial charge in [-0.2, -0.15) is 12.6 Å². The summed E-state index contributed by atoms with van der Waals surface area (Å²) in [6.45, 7) is 0. The molecule has 0 saturated heterocycles. The van der Waals surface area contributed by atoms with Crippen molar-refractivity contribution < 1.29 is 9.53 Å². The first kappa shape index (κ1) is 12.7. The highest BCUT2D eigenvalue weighted by Crippen LogP contribution is 1.88. The normalized spacial score (nSPS) is 11.5. The van der Waals surface area contributed by atoms with Crippen LogP contribution in [0, 0.1) is 0 Å². The molecular weight excluding hydrogens is 174 g/mol. The number of methoxy groups -OCH3 is 1. The van der Waals surface area contributed by atoms with Gasteiger partial charge in [0.15, 0.2) is 0 Å². The van der Waals surface area contributed by atoms with E-state index in [9.17, 15) is 4.79 Å². The largest absolute Gasteiger partial charge is 0.468 e. The van der Waals surface area contributed by atoms with Gasteiger partial charge in [0.2, 0.25) is 0 Å². The van der Waals surface area contributed by atoms with Gasteiger partial charge in [0.25, 0.3) is 0 Å². The molecule has 0 heterocycles. The molecule has 0 saturated carbocycles. The summed E-state index contributed by atoms with van der Waals surface area (Å²) in [5, 5.41) is 2.75. The van der Waals surface area contributed by atoms with Crippen molar-refractivity contribution in [2.45, 2.75) is 6.04 Å². The second kappa shape index (κ2) is 7.18. The number of carbonyl (C=O) groups excluding carboxylic acids is 1. The molecule has 5 heteroatoms. The molecule has 0 aromatic heterocycles. The van der Waals surface area contributed by atoms with E-state index >= 15 is 0 Å². The van der Waals surface area contributed by atoms with Gasteiger partial charge in [-0.1, -0.05) is 0 Å². The lowest BCUT2D eigenvalue weighted by atomic mass is 10.3. The van der Waals surface area contributed by atoms with Crippen LogP contribution in [0.2, 0.25) is 0 Å². The fourth-order valence-corrected chi connectivity index (χ4v) is 0.758. The number of rotatable bonds is 3. The zero-order chi connectivity index (χ0) is 7.28. The molecule has 0 aromatic rings. The van der Waals surface area contributed by atoms with Crippen LogP contribution in [-0.2, 0) is 9.53 Å². The Hall–Kier alpha value is 0.0700. The van der Waals surface area contributed by atoms with Gasteiger partial charge >= 0.3 is 5.97 Å². The van der Waals surface area contributed by atoms with Crippen molar-refractivity contribution in [1.29, 1.82) is 0 Å². The second-order valence-electron chi connectivity index (χ2n) is 1.55. The highest BCUT2D eigenvalue weighted by molar-refractivity contribution is 7.80. The molecule has 1 N–H and O–H groups in total. The van der Waals surface area contributed by atoms with Crippen molar-refractivity contribution in [3.63, 3.8) is 0 Å². The molecule has 10 heavy (non-hydrogen) atoms. The molecular formula is C5H12ClNO2S. The lowest BCUT2D eigenvalue weighted by molar-refractivity contribution is -0.142. The number of halogens is 1. The number of hydrogen-bond acceptors (Lipinski definition) is 4. The van der Waals surface area contributed by atoms with Crippen molar-refractivity contribution in [2.24, 2.45) is 0 Å². The monoisotopic (exact) mass is 185 g/mol. The minimum atomic E-state index is -0.279. The molecule has 0 radical (unpaired) electrons. The van der Waals surface area contributed by atoms with Gasteiger partial charge < -0.3 is 10.1 Å². The zero-order valence-corrected chi connectivity index (χ0v) is 7.67. The molecule has 3 nitrogen and oxygen atoms in total. The smallest absolute Gasteiger partial charge is 0.323 e. The summed E-state index contributed by atoms with van der Waals surface area (Å²) in [6, 6.07) is -0.279. The summed E-state index contributed by atoms with van der Waals surface area (Å²) >= 11 is 3.93. The number of likely N-dealkylation sites (N-methyl/N-ethyl adjacent to an activating group) is 1. The van der Waals surface area contributed by atoms with Gasteiger partial charge in [-0.25, -0.2) is 0 Å². The van der Waals surface area contributed by atoms with Crippen LogP contribution in [0.4, 0.5) is 0 Å². The third-order valence-corrected chi connectivity index (χ3v) is 1.38. The van der Waals surface area contributed by atoms with Gasteiger partial charge in [0.1, 0.15) is 6.04 Å². The van der Waals surface area contributed by atoms with E-state index in [-0.39, 0.29) is 24.4 Å². The van der Waals surface area contributed by atoms with Crippen molar-refractivity contribution in [3.05, 3.63) is 0 Å². The van der Waals surface area contributed by atoms with Crippen molar-refractivity contribution in [1.82, 2.24) is 5.32 Å². The highest BCUT2D eigenvalue weighted by atomic mass is 35.5. The van der Waals surface area contributed by atoms with Crippen molar-refractivity contribution in [2.75, 3.05) is 19.9 Å². The van der Waals surface area contributed by atoms with Crippen LogP contribution in [0.5, 0.6) is 0 Å². The maximum atomic E-state index is 10.6. The summed E-state index contributed by atoms with van der Waals surface area (Å²) < 4.78 is 4.44. The summed E-state index contributed by atoms with van der Waals surface area (Å²) in [7, 11) is 3.05. The van der Waals surface area contributed by atoms with E-state index in [1.165, 1.54) is 7.11 Å². The number of carbonyl (C=O) groups is 1. The zero-order valence-electron chi connectivity index (χ0n) is 5.96. The Kier molecular flexibility index (Phi) is 9.13. The molecule has 0 bridgehead atoms. The van der Waals surface area contributed by atoms with Crippen LogP contribution in [0.25, 0.3) is 0 Å². The minimum absolute atomic E-state index is 0. The first-order valence-electron chi connectivity index (χ1n) is 2.62. The lowest BCUT2D eigenvalue weighted by Crippen LogP contribution is -2.36. The number of thiol groups is 1. The Morgan fingerprint density at radius 1 is 1.80 bits per heavy atom. The lowest BCUT2D eigenvalue weighted by Gasteiger charge is -2.08. The van der Waals surface area contributed by atoms with E-state index in [2.05, 4.69) is 22.7 Å². The van der Waals surface area contributed by atoms with Crippen LogP contribution in [-0.4, -0.2) is 31.9 Å². The summed E-state index contributed by atoms with van der Waals surface area (Å²) in [5.74, 6) is 0.191. The number of esters is 1. The average molecular weight is 186 g/mol. The van der Waals surface area contributed by atoms with Crippen LogP contribution in [0.3, 0.4) is 0 Å². The van der Waals surface area contributed by atoms with Crippen molar-refractivity contribution in [3.8, 4) is 0 Å². The van der Waals surface area contributed by atoms with Gasteiger partial charge in [-0.15, -0.1) is 12.4 Å². The van der Waals surface area contributed by atoms with Gasteiger partial charge in [0.05, 0.1) is 7.11 Å². The molecule has 0 unspecified atom stereocenters. The van der Waals surface area contributed by atoms with E-state index in [0.717, 1.165) is 0 Å². The molecule has 0 spiro atoms. The molecule has 0 aromatic carbocycles. The average Bonchev–Trinajstić information content (AvgIpc) is 1.90. The van der Waals surface area contributed by atoms with Crippen LogP contribution in [0.1, 0.15) is 0 Å². The van der Waals surface area contributed by atoms with Crippen LogP contribution in [0.15, 0.2) is 0 Å². The summed E-state index contributed by atoms with van der Waals surface area (Å²) in [5.41, 5.74) is 0. The fourth-order valence-electron chi connectivity index (χ4n) is 0.426. The standard InChI is InChI=1S/C5H11NO2S.ClH/c1-6-4(3-9)5(7)8-2;/h4,6,9H,3H2,1-2H3;1H/t4-;/m0./s1. The Bertz CT molecular complexity index is 97.6. The third-order valence-electron chi connectivity index (χ3n) is 1.02. The number of nitrogens with one attached hydrogen (secondary N) is 1. The molecule has 0 fully saturated rings. The number of ether oxygens (including phenoxy) is 1. The molecule has 0 amide bonds. The SMILES string of the molecule is CN[C@@H](CS)C(=O)OC.Cl. The van der Waals surface area contributed by atoms with Crippen LogP contribution < -0.4 is 5.32 Å². The summed E-state index contributed by atoms with van der Waals surface area (Å²) in [6.07, 6.45) is 0. The Balaban J connectivity index is 0. The van der Waals surface area contributed by atoms with E-state index < -0.39 is 0 Å². The van der Waals surface area contributed by atoms with Crippen LogP contribution >= 0.6 is 25.0 Å². The fraction of sp³-hybridized carbons (Fsp3) is 0.800. The van der Waals surface area contributed by atoms with E-state index in [4.69, 9.17) is 0 Å². The van der Waals surface area contributed by atoms with E-state index in [0.29, 0.717) is 5.75 Å². The topological polar surface area (TPSA) is 38.3 Å². The first-order valence-corrected chi connectivity index (χ1v) is 3.25. The van der Waals surface area contributed by atoms with Crippen molar-refractivity contribution >= 4 is 31.0 Å². The van der Waals surface area contributed by atoms with E-state index in [1.807, 2.05) is 0 Å². The van der Waals surface area contributed by atoms with E-state index in [1.54, 1.807) is 7.05 Å². The molecule has 0 aliphatic rings. The molecule has 0 rings (SSSR count). The summed E-state index contributed by atoms with van der Waals surface area (Å²) in [4.78, 5) is 10.6. The second-order valence-corrected chi connectivity index (χ2v) is 1.91. The predicted octanol–water partition coefficient (Wildman–Crippen LogP) is 0.0990. The van der Waals surface area contributed by atoms with Gasteiger partial charge in [0, 0.05) is 5.75 Å².